The van der Waals surface area contributed by atoms with Gasteiger partial charge < -0.3 is 9.72 Å². The molecule has 2 aromatic carbocycles. The van der Waals surface area contributed by atoms with Gasteiger partial charge in [0.15, 0.2) is 0 Å². The van der Waals surface area contributed by atoms with Crippen LogP contribution in [0.5, 0.6) is 5.75 Å². The van der Waals surface area contributed by atoms with Crippen molar-refractivity contribution in [1.29, 1.82) is 0 Å². The van der Waals surface area contributed by atoms with Gasteiger partial charge >= 0.3 is 0 Å². The molecule has 0 aliphatic heterocycles. The van der Waals surface area contributed by atoms with Crippen LogP contribution >= 0.6 is 0 Å². The Morgan fingerprint density at radius 3 is 2.68 bits per heavy atom. The number of aromatic amines is 1. The molecule has 25 heavy (non-hydrogen) atoms. The van der Waals surface area contributed by atoms with Crippen molar-refractivity contribution in [1.82, 2.24) is 9.97 Å². The third-order valence-corrected chi connectivity index (χ3v) is 4.53. The van der Waals surface area contributed by atoms with Crippen molar-refractivity contribution < 1.29 is 4.74 Å². The molecule has 4 nitrogen and oxygen atoms in total. The molecule has 4 rings (SSSR count). The average molecular weight is 330 g/mol. The lowest BCUT2D eigenvalue weighted by molar-refractivity contribution is 0.414. The number of pyridine rings is 2. The summed E-state index contributed by atoms with van der Waals surface area (Å²) >= 11 is 0. The van der Waals surface area contributed by atoms with E-state index in [2.05, 4.69) is 22.1 Å². The van der Waals surface area contributed by atoms with Gasteiger partial charge in [-0.1, -0.05) is 30.3 Å². The van der Waals surface area contributed by atoms with Crippen LogP contribution in [0.1, 0.15) is 11.1 Å². The van der Waals surface area contributed by atoms with Crippen LogP contribution < -0.4 is 10.3 Å². The summed E-state index contributed by atoms with van der Waals surface area (Å²) in [6.07, 6.45) is 3.51. The van der Waals surface area contributed by atoms with E-state index in [4.69, 9.17) is 4.74 Å². The van der Waals surface area contributed by atoms with Crippen molar-refractivity contribution >= 4 is 21.8 Å². The van der Waals surface area contributed by atoms with E-state index in [0.717, 1.165) is 29.4 Å². The van der Waals surface area contributed by atoms with E-state index in [1.165, 1.54) is 11.1 Å². The highest BCUT2D eigenvalue weighted by Gasteiger charge is 2.10. The van der Waals surface area contributed by atoms with Crippen molar-refractivity contribution in [3.63, 3.8) is 0 Å². The summed E-state index contributed by atoms with van der Waals surface area (Å²) < 4.78 is 5.30. The maximum atomic E-state index is 12.2. The monoisotopic (exact) mass is 330 g/mol. The molecule has 0 spiro atoms. The van der Waals surface area contributed by atoms with E-state index in [1.54, 1.807) is 13.3 Å². The first kappa shape index (κ1) is 15.4. The number of methoxy groups -OCH3 is 1. The Hall–Kier alpha value is -3.14. The highest BCUT2D eigenvalue weighted by Crippen LogP contribution is 2.25. The number of fused-ring (bicyclic) bond motifs is 3. The molecule has 2 heterocycles. The molecular formula is C21H18N2O2. The summed E-state index contributed by atoms with van der Waals surface area (Å²) in [6, 6.07) is 17.8. The Balaban J connectivity index is 1.79. The van der Waals surface area contributed by atoms with Crippen LogP contribution in [-0.2, 0) is 12.8 Å². The SMILES string of the molecule is COc1cccc(CCc2ccnc3[nH]c(=O)c4ccccc4c23)c1. The van der Waals surface area contributed by atoms with E-state index in [9.17, 15) is 4.79 Å². The first-order valence-electron chi connectivity index (χ1n) is 8.28. The van der Waals surface area contributed by atoms with Crippen LogP contribution in [0, 0.1) is 0 Å². The predicted octanol–water partition coefficient (Wildman–Crippen LogP) is 3.87. The molecule has 2 aromatic heterocycles. The van der Waals surface area contributed by atoms with Gasteiger partial charge in [0, 0.05) is 17.0 Å². The molecule has 0 aliphatic carbocycles. The number of H-pyrrole nitrogens is 1. The van der Waals surface area contributed by atoms with Gasteiger partial charge in [0.05, 0.1) is 7.11 Å². The maximum absolute atomic E-state index is 12.2. The summed E-state index contributed by atoms with van der Waals surface area (Å²) in [5.74, 6) is 0.867. The zero-order valence-electron chi connectivity index (χ0n) is 14.0. The minimum Gasteiger partial charge on any atom is -0.497 e. The molecule has 0 unspecified atom stereocenters. The summed E-state index contributed by atoms with van der Waals surface area (Å²) in [5.41, 5.74) is 2.95. The Morgan fingerprint density at radius 2 is 1.84 bits per heavy atom. The summed E-state index contributed by atoms with van der Waals surface area (Å²) in [4.78, 5) is 19.5. The predicted molar refractivity (Wildman–Crippen MR) is 100 cm³/mol. The highest BCUT2D eigenvalue weighted by molar-refractivity contribution is 6.05. The largest absolute Gasteiger partial charge is 0.497 e. The molecule has 0 aliphatic rings. The van der Waals surface area contributed by atoms with Gasteiger partial charge in [-0.3, -0.25) is 4.79 Å². The van der Waals surface area contributed by atoms with Gasteiger partial charge in [0.25, 0.3) is 5.56 Å². The second-order valence-corrected chi connectivity index (χ2v) is 6.04. The molecule has 124 valence electrons. The molecule has 4 aromatic rings. The zero-order chi connectivity index (χ0) is 17.2. The molecule has 0 saturated heterocycles. The van der Waals surface area contributed by atoms with Crippen molar-refractivity contribution in [2.75, 3.05) is 7.11 Å². The second kappa shape index (κ2) is 6.40. The van der Waals surface area contributed by atoms with Crippen LogP contribution in [-0.4, -0.2) is 17.1 Å². The standard InChI is InChI=1S/C21H18N2O2/c1-25-16-6-4-5-14(13-16)9-10-15-11-12-22-20-19(15)17-7-2-3-8-18(17)21(24)23-20/h2-8,11-13H,9-10H2,1H3,(H,22,23,24). The lowest BCUT2D eigenvalue weighted by Crippen LogP contribution is -2.08. The van der Waals surface area contributed by atoms with Crippen molar-refractivity contribution in [2.45, 2.75) is 12.8 Å². The topological polar surface area (TPSA) is 55.0 Å². The van der Waals surface area contributed by atoms with E-state index in [1.807, 2.05) is 42.5 Å². The highest BCUT2D eigenvalue weighted by atomic mass is 16.5. The van der Waals surface area contributed by atoms with Gasteiger partial charge in [-0.2, -0.15) is 0 Å². The van der Waals surface area contributed by atoms with Crippen LogP contribution in [0.25, 0.3) is 21.8 Å². The number of benzene rings is 2. The lowest BCUT2D eigenvalue weighted by Gasteiger charge is -2.09. The Morgan fingerprint density at radius 1 is 1.00 bits per heavy atom. The Bertz CT molecular complexity index is 1120. The maximum Gasteiger partial charge on any atom is 0.257 e. The Kier molecular flexibility index (Phi) is 3.94. The number of aryl methyl sites for hydroxylation is 2. The normalized spacial score (nSPS) is 11.1. The number of nitrogens with zero attached hydrogens (tertiary/aromatic N) is 1. The van der Waals surface area contributed by atoms with Gasteiger partial charge in [-0.25, -0.2) is 4.98 Å². The lowest BCUT2D eigenvalue weighted by atomic mass is 9.99. The van der Waals surface area contributed by atoms with Crippen LogP contribution in [0.15, 0.2) is 65.6 Å². The van der Waals surface area contributed by atoms with E-state index >= 15 is 0 Å². The number of rotatable bonds is 4. The number of hydrogen-bond acceptors (Lipinski definition) is 3. The third-order valence-electron chi connectivity index (χ3n) is 4.53. The van der Waals surface area contributed by atoms with Gasteiger partial charge in [0.2, 0.25) is 0 Å². The van der Waals surface area contributed by atoms with Crippen LogP contribution in [0.4, 0.5) is 0 Å². The first-order chi connectivity index (χ1) is 12.3. The molecule has 0 atom stereocenters. The van der Waals surface area contributed by atoms with Crippen molar-refractivity contribution in [3.05, 3.63) is 82.3 Å². The minimum absolute atomic E-state index is 0.0967. The smallest absolute Gasteiger partial charge is 0.257 e. The van der Waals surface area contributed by atoms with Crippen molar-refractivity contribution in [3.8, 4) is 5.75 Å². The number of ether oxygens (including phenoxy) is 1. The molecule has 0 amide bonds. The number of nitrogens with one attached hydrogen (secondary N) is 1. The quantitative estimate of drug-likeness (QED) is 0.578. The van der Waals surface area contributed by atoms with Gasteiger partial charge in [-0.15, -0.1) is 0 Å². The molecule has 4 heteroatoms. The fourth-order valence-corrected chi connectivity index (χ4v) is 3.29. The van der Waals surface area contributed by atoms with Gasteiger partial charge in [0.1, 0.15) is 11.4 Å². The second-order valence-electron chi connectivity index (χ2n) is 6.04. The molecule has 0 fully saturated rings. The van der Waals surface area contributed by atoms with Gasteiger partial charge in [-0.05, 0) is 53.6 Å². The number of aromatic nitrogens is 2. The fraction of sp³-hybridized carbons (Fsp3) is 0.143. The number of hydrogen-bond donors (Lipinski definition) is 1. The Labute approximate surface area is 145 Å². The molecule has 0 saturated carbocycles. The first-order valence-corrected chi connectivity index (χ1v) is 8.28. The van der Waals surface area contributed by atoms with Crippen LogP contribution in [0.2, 0.25) is 0 Å². The molecule has 0 bridgehead atoms. The molecular weight excluding hydrogens is 312 g/mol. The summed E-state index contributed by atoms with van der Waals surface area (Å²) in [7, 11) is 1.68. The van der Waals surface area contributed by atoms with E-state index < -0.39 is 0 Å². The summed E-state index contributed by atoms with van der Waals surface area (Å²) in [6.45, 7) is 0. The van der Waals surface area contributed by atoms with E-state index in [-0.39, 0.29) is 5.56 Å². The minimum atomic E-state index is -0.0967. The molecule has 0 radical (unpaired) electrons. The van der Waals surface area contributed by atoms with Crippen LogP contribution in [0.3, 0.4) is 0 Å². The fourth-order valence-electron chi connectivity index (χ4n) is 3.29. The summed E-state index contributed by atoms with van der Waals surface area (Å²) in [5, 5.41) is 2.68. The molecule has 1 N–H and O–H groups in total. The third kappa shape index (κ3) is 2.87. The zero-order valence-corrected chi connectivity index (χ0v) is 14.0. The van der Waals surface area contributed by atoms with Crippen molar-refractivity contribution in [2.24, 2.45) is 0 Å². The average Bonchev–Trinajstić information content (AvgIpc) is 2.66. The van der Waals surface area contributed by atoms with E-state index in [0.29, 0.717) is 11.0 Å².